The Balaban J connectivity index is 1.69. The van der Waals surface area contributed by atoms with Crippen molar-refractivity contribution >= 4 is 40.9 Å². The zero-order valence-corrected chi connectivity index (χ0v) is 16.8. The van der Waals surface area contributed by atoms with Crippen molar-refractivity contribution in [3.05, 3.63) is 64.9 Å². The first kappa shape index (κ1) is 19.9. The summed E-state index contributed by atoms with van der Waals surface area (Å²) in [7, 11) is 1.54. The third kappa shape index (κ3) is 4.52. The molecule has 7 nitrogen and oxygen atoms in total. The van der Waals surface area contributed by atoms with Crippen molar-refractivity contribution in [2.75, 3.05) is 18.1 Å². The van der Waals surface area contributed by atoms with Gasteiger partial charge in [-0.2, -0.15) is 0 Å². The predicted octanol–water partition coefficient (Wildman–Crippen LogP) is 3.32. The zero-order chi connectivity index (χ0) is 20.1. The van der Waals surface area contributed by atoms with Crippen LogP contribution in [0.2, 0.25) is 5.02 Å². The van der Waals surface area contributed by atoms with Crippen molar-refractivity contribution in [2.24, 2.45) is 0 Å². The highest BCUT2D eigenvalue weighted by molar-refractivity contribution is 7.99. The summed E-state index contributed by atoms with van der Waals surface area (Å²) >= 11 is 7.44. The minimum atomic E-state index is -0.264. The van der Waals surface area contributed by atoms with Crippen LogP contribution in [0.3, 0.4) is 0 Å². The second kappa shape index (κ2) is 8.90. The second-order valence-corrected chi connectivity index (χ2v) is 7.23. The number of thioether (sulfide) groups is 1. The molecule has 9 heteroatoms. The first-order valence-corrected chi connectivity index (χ1v) is 9.76. The molecule has 144 valence electrons. The Hall–Kier alpha value is -2.84. The molecular weight excluding hydrogens is 398 g/mol. The maximum absolute atomic E-state index is 12.4. The summed E-state index contributed by atoms with van der Waals surface area (Å²) in [5.41, 5.74) is 2.65. The molecule has 0 aliphatic carbocycles. The third-order valence-corrected chi connectivity index (χ3v) is 5.31. The lowest BCUT2D eigenvalue weighted by Crippen LogP contribution is -2.22. The molecule has 28 heavy (non-hydrogen) atoms. The molecule has 2 amide bonds. The summed E-state index contributed by atoms with van der Waals surface area (Å²) in [4.78, 5) is 24.3. The lowest BCUT2D eigenvalue weighted by atomic mass is 10.1. The number of halogens is 1. The van der Waals surface area contributed by atoms with Crippen LogP contribution < -0.4 is 10.6 Å². The van der Waals surface area contributed by atoms with Crippen molar-refractivity contribution in [1.82, 2.24) is 20.1 Å². The van der Waals surface area contributed by atoms with Gasteiger partial charge in [-0.05, 0) is 36.8 Å². The van der Waals surface area contributed by atoms with Crippen LogP contribution in [0.5, 0.6) is 0 Å². The number of rotatable bonds is 6. The van der Waals surface area contributed by atoms with E-state index in [4.69, 9.17) is 11.6 Å². The van der Waals surface area contributed by atoms with Gasteiger partial charge >= 0.3 is 0 Å². The summed E-state index contributed by atoms with van der Waals surface area (Å²) in [6, 6.07) is 12.5. The summed E-state index contributed by atoms with van der Waals surface area (Å²) in [6.45, 7) is 1.93. The molecule has 3 aromatic rings. The molecule has 0 radical (unpaired) electrons. The lowest BCUT2D eigenvalue weighted by Gasteiger charge is -2.10. The SMILES string of the molecule is CNC(=O)c1ccccc1NC(=O)CSc1nncn1-c1ccc(C)c(Cl)c1. The topological polar surface area (TPSA) is 88.9 Å². The maximum atomic E-state index is 12.4. The monoisotopic (exact) mass is 415 g/mol. The molecule has 0 saturated carbocycles. The standard InChI is InChI=1S/C19H18ClN5O2S/c1-12-7-8-13(9-15(12)20)25-11-22-24-19(25)28-10-17(26)23-16-6-4-3-5-14(16)18(27)21-2/h3-9,11H,10H2,1-2H3,(H,21,27)(H,23,26). The van der Waals surface area contributed by atoms with Crippen LogP contribution in [-0.2, 0) is 4.79 Å². The molecular formula is C19H18ClN5O2S. The van der Waals surface area contributed by atoms with E-state index in [0.29, 0.717) is 21.4 Å². The quantitative estimate of drug-likeness (QED) is 0.603. The van der Waals surface area contributed by atoms with Crippen molar-refractivity contribution in [1.29, 1.82) is 0 Å². The number of benzene rings is 2. The average molecular weight is 416 g/mol. The summed E-state index contributed by atoms with van der Waals surface area (Å²) in [5, 5.41) is 14.5. The Morgan fingerprint density at radius 3 is 2.75 bits per heavy atom. The summed E-state index contributed by atoms with van der Waals surface area (Å²) in [5.74, 6) is -0.405. The van der Waals surface area contributed by atoms with E-state index in [1.165, 1.54) is 11.8 Å². The Kier molecular flexibility index (Phi) is 6.33. The van der Waals surface area contributed by atoms with E-state index in [1.807, 2.05) is 25.1 Å². The molecule has 0 fully saturated rings. The number of hydrogen-bond acceptors (Lipinski definition) is 5. The molecule has 2 N–H and O–H groups in total. The lowest BCUT2D eigenvalue weighted by molar-refractivity contribution is -0.113. The molecule has 2 aromatic carbocycles. The third-order valence-electron chi connectivity index (χ3n) is 3.96. The van der Waals surface area contributed by atoms with E-state index in [2.05, 4.69) is 20.8 Å². The first-order valence-electron chi connectivity index (χ1n) is 8.40. The fourth-order valence-corrected chi connectivity index (χ4v) is 3.38. The van der Waals surface area contributed by atoms with Crippen molar-refractivity contribution in [3.8, 4) is 5.69 Å². The molecule has 0 aliphatic rings. The molecule has 0 saturated heterocycles. The molecule has 0 aliphatic heterocycles. The number of nitrogens with zero attached hydrogens (tertiary/aromatic N) is 3. The molecule has 0 bridgehead atoms. The molecule has 1 heterocycles. The zero-order valence-electron chi connectivity index (χ0n) is 15.3. The molecule has 0 atom stereocenters. The van der Waals surface area contributed by atoms with E-state index in [0.717, 1.165) is 11.3 Å². The Bertz CT molecular complexity index is 1020. The van der Waals surface area contributed by atoms with Gasteiger partial charge in [0.15, 0.2) is 5.16 Å². The molecule has 1 aromatic heterocycles. The highest BCUT2D eigenvalue weighted by Crippen LogP contribution is 2.24. The van der Waals surface area contributed by atoms with Gasteiger partial charge in [-0.15, -0.1) is 10.2 Å². The van der Waals surface area contributed by atoms with Gasteiger partial charge in [0.25, 0.3) is 5.91 Å². The van der Waals surface area contributed by atoms with Crippen LogP contribution in [0.4, 0.5) is 5.69 Å². The largest absolute Gasteiger partial charge is 0.355 e. The smallest absolute Gasteiger partial charge is 0.253 e. The van der Waals surface area contributed by atoms with Crippen LogP contribution in [0.25, 0.3) is 5.69 Å². The first-order chi connectivity index (χ1) is 13.5. The Morgan fingerprint density at radius 2 is 2.00 bits per heavy atom. The fourth-order valence-electron chi connectivity index (χ4n) is 2.47. The number of aromatic nitrogens is 3. The van der Waals surface area contributed by atoms with E-state index in [1.54, 1.807) is 42.2 Å². The van der Waals surface area contributed by atoms with Gasteiger partial charge in [0.05, 0.1) is 22.7 Å². The molecule has 0 spiro atoms. The second-order valence-electron chi connectivity index (χ2n) is 5.88. The van der Waals surface area contributed by atoms with Crippen LogP contribution in [0.1, 0.15) is 15.9 Å². The van der Waals surface area contributed by atoms with Gasteiger partial charge < -0.3 is 10.6 Å². The van der Waals surface area contributed by atoms with Crippen molar-refractivity contribution < 1.29 is 9.59 Å². The average Bonchev–Trinajstić information content (AvgIpc) is 3.17. The number of para-hydroxylation sites is 1. The number of carbonyl (C=O) groups excluding carboxylic acids is 2. The Morgan fingerprint density at radius 1 is 1.21 bits per heavy atom. The fraction of sp³-hybridized carbons (Fsp3) is 0.158. The number of nitrogens with one attached hydrogen (secondary N) is 2. The molecule has 3 rings (SSSR count). The van der Waals surface area contributed by atoms with Crippen LogP contribution >= 0.6 is 23.4 Å². The van der Waals surface area contributed by atoms with Gasteiger partial charge in [0, 0.05) is 12.1 Å². The maximum Gasteiger partial charge on any atom is 0.253 e. The number of aryl methyl sites for hydroxylation is 1. The van der Waals surface area contributed by atoms with Gasteiger partial charge in [-0.25, -0.2) is 0 Å². The predicted molar refractivity (Wildman–Crippen MR) is 110 cm³/mol. The summed E-state index contributed by atoms with van der Waals surface area (Å²) in [6.07, 6.45) is 1.57. The van der Waals surface area contributed by atoms with E-state index in [-0.39, 0.29) is 17.6 Å². The van der Waals surface area contributed by atoms with Gasteiger partial charge in [-0.3, -0.25) is 14.2 Å². The number of amides is 2. The normalized spacial score (nSPS) is 10.5. The Labute approximate surface area is 171 Å². The number of carbonyl (C=O) groups is 2. The van der Waals surface area contributed by atoms with E-state index >= 15 is 0 Å². The van der Waals surface area contributed by atoms with Crippen LogP contribution in [0.15, 0.2) is 53.9 Å². The highest BCUT2D eigenvalue weighted by Gasteiger charge is 2.14. The minimum absolute atomic E-state index is 0.111. The summed E-state index contributed by atoms with van der Waals surface area (Å²) < 4.78 is 1.77. The van der Waals surface area contributed by atoms with Gasteiger partial charge in [0.1, 0.15) is 6.33 Å². The van der Waals surface area contributed by atoms with Crippen LogP contribution in [-0.4, -0.2) is 39.4 Å². The van der Waals surface area contributed by atoms with Crippen LogP contribution in [0, 0.1) is 6.92 Å². The highest BCUT2D eigenvalue weighted by atomic mass is 35.5. The van der Waals surface area contributed by atoms with E-state index < -0.39 is 0 Å². The minimum Gasteiger partial charge on any atom is -0.355 e. The van der Waals surface area contributed by atoms with Crippen molar-refractivity contribution in [3.63, 3.8) is 0 Å². The van der Waals surface area contributed by atoms with Gasteiger partial charge in [0.2, 0.25) is 5.91 Å². The number of hydrogen-bond donors (Lipinski definition) is 2. The number of anilines is 1. The van der Waals surface area contributed by atoms with E-state index in [9.17, 15) is 9.59 Å². The molecule has 0 unspecified atom stereocenters. The van der Waals surface area contributed by atoms with Gasteiger partial charge in [-0.1, -0.05) is 41.6 Å². The van der Waals surface area contributed by atoms with Crippen molar-refractivity contribution in [2.45, 2.75) is 12.1 Å².